The summed E-state index contributed by atoms with van der Waals surface area (Å²) >= 11 is 0. The molecule has 0 rings (SSSR count). The van der Waals surface area contributed by atoms with Gasteiger partial charge < -0.3 is 14.6 Å². The van der Waals surface area contributed by atoms with Crippen LogP contribution < -0.4 is 5.73 Å². The van der Waals surface area contributed by atoms with Crippen LogP contribution in [0.3, 0.4) is 0 Å². The minimum atomic E-state index is -1.36. The summed E-state index contributed by atoms with van der Waals surface area (Å²) < 4.78 is 9.31. The van der Waals surface area contributed by atoms with E-state index in [-0.39, 0.29) is 0 Å². The maximum absolute atomic E-state index is 8.90. The normalized spacial score (nSPS) is 15.7. The van der Waals surface area contributed by atoms with Crippen LogP contribution in [0.2, 0.25) is 0 Å². The lowest BCUT2D eigenvalue weighted by Crippen LogP contribution is -2.52. The number of rotatable bonds is 3. The van der Waals surface area contributed by atoms with Crippen molar-refractivity contribution in [1.29, 1.82) is 0 Å². The third-order valence-electron chi connectivity index (χ3n) is 1.22. The average molecular weight is 135 g/mol. The Bertz CT molecular complexity index is 80.3. The Morgan fingerprint density at radius 1 is 1.44 bits per heavy atom. The van der Waals surface area contributed by atoms with Gasteiger partial charge in [0.1, 0.15) is 6.10 Å². The smallest absolute Gasteiger partial charge is 0.251 e. The predicted molar refractivity (Wildman–Crippen MR) is 32.6 cm³/mol. The van der Waals surface area contributed by atoms with Gasteiger partial charge in [0.05, 0.1) is 0 Å². The highest BCUT2D eigenvalue weighted by Crippen LogP contribution is 2.07. The zero-order valence-corrected chi connectivity index (χ0v) is 5.92. The number of aliphatic hydroxyl groups excluding tert-OH is 1. The standard InChI is InChI=1S/C5H13NO3/c1-4(7)5(6,8-2)9-3/h4,7H,6H2,1-3H3. The highest BCUT2D eigenvalue weighted by atomic mass is 16.7. The molecule has 0 heterocycles. The van der Waals surface area contributed by atoms with E-state index < -0.39 is 12.0 Å². The van der Waals surface area contributed by atoms with E-state index in [0.717, 1.165) is 0 Å². The number of hydrogen-bond acceptors (Lipinski definition) is 4. The topological polar surface area (TPSA) is 64.7 Å². The van der Waals surface area contributed by atoms with E-state index >= 15 is 0 Å². The van der Waals surface area contributed by atoms with Crippen LogP contribution >= 0.6 is 0 Å². The lowest BCUT2D eigenvalue weighted by molar-refractivity contribution is -0.250. The van der Waals surface area contributed by atoms with Gasteiger partial charge >= 0.3 is 0 Å². The molecule has 4 heteroatoms. The lowest BCUT2D eigenvalue weighted by atomic mass is 10.3. The first kappa shape index (κ1) is 8.84. The van der Waals surface area contributed by atoms with Crippen molar-refractivity contribution < 1.29 is 14.6 Å². The lowest BCUT2D eigenvalue weighted by Gasteiger charge is -2.28. The molecule has 0 aromatic carbocycles. The zero-order valence-electron chi connectivity index (χ0n) is 5.92. The van der Waals surface area contributed by atoms with Crippen LogP contribution in [0.1, 0.15) is 6.92 Å². The monoisotopic (exact) mass is 135 g/mol. The molecule has 0 bridgehead atoms. The van der Waals surface area contributed by atoms with Gasteiger partial charge in [0.25, 0.3) is 5.91 Å². The minimum Gasteiger partial charge on any atom is -0.386 e. The van der Waals surface area contributed by atoms with Gasteiger partial charge in [-0.1, -0.05) is 0 Å². The second-order valence-corrected chi connectivity index (χ2v) is 1.81. The molecule has 0 aliphatic rings. The van der Waals surface area contributed by atoms with E-state index in [0.29, 0.717) is 0 Å². The molecular weight excluding hydrogens is 122 g/mol. The summed E-state index contributed by atoms with van der Waals surface area (Å²) in [5.41, 5.74) is 5.34. The number of hydrogen-bond donors (Lipinski definition) is 2. The van der Waals surface area contributed by atoms with Crippen molar-refractivity contribution in [1.82, 2.24) is 0 Å². The molecule has 3 N–H and O–H groups in total. The molecule has 4 nitrogen and oxygen atoms in total. The molecule has 1 atom stereocenters. The third kappa shape index (κ3) is 1.91. The zero-order chi connectivity index (χ0) is 7.49. The Balaban J connectivity index is 3.92. The summed E-state index contributed by atoms with van der Waals surface area (Å²) in [4.78, 5) is 0. The molecule has 0 aromatic heterocycles. The first-order chi connectivity index (χ1) is 4.06. The molecular formula is C5H13NO3. The second-order valence-electron chi connectivity index (χ2n) is 1.81. The minimum absolute atomic E-state index is 0.840. The Morgan fingerprint density at radius 3 is 1.78 bits per heavy atom. The summed E-state index contributed by atoms with van der Waals surface area (Å²) in [6.45, 7) is 1.49. The molecule has 0 amide bonds. The molecule has 0 saturated heterocycles. The fraction of sp³-hybridized carbons (Fsp3) is 1.00. The number of methoxy groups -OCH3 is 2. The van der Waals surface area contributed by atoms with Crippen LogP contribution in [0, 0.1) is 0 Å². The maximum Gasteiger partial charge on any atom is 0.251 e. The van der Waals surface area contributed by atoms with Crippen LogP contribution in [-0.2, 0) is 9.47 Å². The Kier molecular flexibility index (Phi) is 3.07. The second kappa shape index (κ2) is 3.12. The van der Waals surface area contributed by atoms with E-state index in [1.54, 1.807) is 0 Å². The molecule has 0 radical (unpaired) electrons. The highest BCUT2D eigenvalue weighted by Gasteiger charge is 2.29. The van der Waals surface area contributed by atoms with Gasteiger partial charge in [0.2, 0.25) is 0 Å². The molecule has 0 saturated carbocycles. The fourth-order valence-electron chi connectivity index (χ4n) is 0.424. The van der Waals surface area contributed by atoms with Gasteiger partial charge in [-0.05, 0) is 6.92 Å². The summed E-state index contributed by atoms with van der Waals surface area (Å²) in [5.74, 6) is -1.36. The summed E-state index contributed by atoms with van der Waals surface area (Å²) in [6, 6.07) is 0. The van der Waals surface area contributed by atoms with Gasteiger partial charge in [-0.25, -0.2) is 0 Å². The van der Waals surface area contributed by atoms with Crippen molar-refractivity contribution >= 4 is 0 Å². The molecule has 0 aliphatic heterocycles. The van der Waals surface area contributed by atoms with Gasteiger partial charge in [0, 0.05) is 14.2 Å². The van der Waals surface area contributed by atoms with Crippen molar-refractivity contribution in [2.45, 2.75) is 18.9 Å². The number of ether oxygens (including phenoxy) is 2. The van der Waals surface area contributed by atoms with Gasteiger partial charge in [-0.15, -0.1) is 0 Å². The first-order valence-corrected chi connectivity index (χ1v) is 2.64. The van der Waals surface area contributed by atoms with Crippen LogP contribution in [-0.4, -0.2) is 31.3 Å². The van der Waals surface area contributed by atoms with E-state index in [4.69, 9.17) is 10.8 Å². The van der Waals surface area contributed by atoms with Gasteiger partial charge in [-0.2, -0.15) is 0 Å². The largest absolute Gasteiger partial charge is 0.386 e. The molecule has 56 valence electrons. The van der Waals surface area contributed by atoms with Crippen LogP contribution in [0.25, 0.3) is 0 Å². The molecule has 0 spiro atoms. The summed E-state index contributed by atoms with van der Waals surface area (Å²) in [7, 11) is 2.74. The van der Waals surface area contributed by atoms with Crippen LogP contribution in [0.15, 0.2) is 0 Å². The van der Waals surface area contributed by atoms with Crippen molar-refractivity contribution in [3.8, 4) is 0 Å². The Labute approximate surface area is 54.6 Å². The van der Waals surface area contributed by atoms with Crippen molar-refractivity contribution in [3.05, 3.63) is 0 Å². The number of nitrogens with two attached hydrogens (primary N) is 1. The van der Waals surface area contributed by atoms with E-state index in [2.05, 4.69) is 9.47 Å². The van der Waals surface area contributed by atoms with E-state index in [9.17, 15) is 0 Å². The highest BCUT2D eigenvalue weighted by molar-refractivity contribution is 4.65. The van der Waals surface area contributed by atoms with E-state index in [1.807, 2.05) is 0 Å². The maximum atomic E-state index is 8.90. The predicted octanol–water partition coefficient (Wildman–Crippen LogP) is -0.728. The van der Waals surface area contributed by atoms with Crippen LogP contribution in [0.5, 0.6) is 0 Å². The molecule has 0 aliphatic carbocycles. The van der Waals surface area contributed by atoms with Crippen LogP contribution in [0.4, 0.5) is 0 Å². The Hall–Kier alpha value is -0.160. The molecule has 0 aromatic rings. The Morgan fingerprint density at radius 2 is 1.78 bits per heavy atom. The number of aliphatic hydroxyl groups is 1. The van der Waals surface area contributed by atoms with Gasteiger partial charge in [0.15, 0.2) is 0 Å². The quantitative estimate of drug-likeness (QED) is 0.501. The summed E-state index contributed by atoms with van der Waals surface area (Å²) in [6.07, 6.45) is -0.840. The summed E-state index contributed by atoms with van der Waals surface area (Å²) in [5, 5.41) is 8.90. The third-order valence-corrected chi connectivity index (χ3v) is 1.22. The van der Waals surface area contributed by atoms with Crippen molar-refractivity contribution in [2.24, 2.45) is 5.73 Å². The molecule has 9 heavy (non-hydrogen) atoms. The van der Waals surface area contributed by atoms with Gasteiger partial charge in [-0.3, -0.25) is 5.73 Å². The van der Waals surface area contributed by atoms with E-state index in [1.165, 1.54) is 21.1 Å². The molecule has 0 fully saturated rings. The molecule has 1 unspecified atom stereocenters. The average Bonchev–Trinajstić information content (AvgIpc) is 1.86. The van der Waals surface area contributed by atoms with Crippen molar-refractivity contribution in [3.63, 3.8) is 0 Å². The SMILES string of the molecule is COC(N)(OC)C(C)O. The first-order valence-electron chi connectivity index (χ1n) is 2.64. The van der Waals surface area contributed by atoms with Crippen molar-refractivity contribution in [2.75, 3.05) is 14.2 Å². The fourth-order valence-corrected chi connectivity index (χ4v) is 0.424.